The number of benzene rings is 1. The van der Waals surface area contributed by atoms with Crippen molar-refractivity contribution >= 4 is 11.9 Å². The monoisotopic (exact) mass is 755 g/mol. The summed E-state index contributed by atoms with van der Waals surface area (Å²) in [4.78, 5) is 29.5. The molecule has 3 aliphatic heterocycles. The van der Waals surface area contributed by atoms with Crippen molar-refractivity contribution in [3.63, 3.8) is 0 Å². The number of nitrogens with zero attached hydrogens (tertiary/aromatic N) is 1. The molecule has 4 saturated carbocycles. The molecule has 4 aliphatic carbocycles. The molecule has 7 aliphatic rings. The van der Waals surface area contributed by atoms with Gasteiger partial charge in [0.05, 0.1) is 43.2 Å². The largest absolute Gasteiger partial charge is 0.493 e. The SMILES string of the molecule is CC=C(C)C(=O)OC1C(O)C2C(CN3CC(C)CCC3C2(C)O)C2CC34OC5(O)C(OC(=O)c6ccc(OC)c(OC)c6)CCC3(C)C5CC(O)C4C21O. The highest BCUT2D eigenvalue weighted by atomic mass is 16.7. The second kappa shape index (κ2) is 12.6. The quantitative estimate of drug-likeness (QED) is 0.211. The van der Waals surface area contributed by atoms with Crippen LogP contribution in [0.15, 0.2) is 29.8 Å². The summed E-state index contributed by atoms with van der Waals surface area (Å²) in [7, 11) is 2.96. The number of aliphatic hydroxyl groups excluding tert-OH is 2. The van der Waals surface area contributed by atoms with Gasteiger partial charge < -0.3 is 49.2 Å². The van der Waals surface area contributed by atoms with E-state index in [2.05, 4.69) is 11.8 Å². The van der Waals surface area contributed by atoms with Crippen LogP contribution >= 0.6 is 0 Å². The van der Waals surface area contributed by atoms with Crippen molar-refractivity contribution in [2.75, 3.05) is 27.3 Å². The molecule has 0 radical (unpaired) electrons. The molecule has 4 bridgehead atoms. The summed E-state index contributed by atoms with van der Waals surface area (Å²) >= 11 is 0. The summed E-state index contributed by atoms with van der Waals surface area (Å²) in [5, 5.41) is 63.3. The van der Waals surface area contributed by atoms with Crippen molar-refractivity contribution in [3.8, 4) is 11.5 Å². The van der Waals surface area contributed by atoms with Crippen molar-refractivity contribution in [2.45, 2.75) is 126 Å². The molecule has 5 N–H and O–H groups in total. The van der Waals surface area contributed by atoms with Gasteiger partial charge in [0.1, 0.15) is 5.60 Å². The third-order valence-corrected chi connectivity index (χ3v) is 15.6. The van der Waals surface area contributed by atoms with Crippen LogP contribution in [0.3, 0.4) is 0 Å². The lowest BCUT2D eigenvalue weighted by molar-refractivity contribution is -0.297. The van der Waals surface area contributed by atoms with E-state index in [9.17, 15) is 35.1 Å². The Kier molecular flexibility index (Phi) is 8.90. The van der Waals surface area contributed by atoms with Gasteiger partial charge in [0, 0.05) is 47.9 Å². The lowest BCUT2D eigenvalue weighted by atomic mass is 9.49. The summed E-state index contributed by atoms with van der Waals surface area (Å²) in [5.41, 5.74) is -5.08. The number of carbonyl (C=O) groups excluding carboxylic acids is 2. The summed E-state index contributed by atoms with van der Waals surface area (Å²) in [6.07, 6.45) is -1.16. The standard InChI is InChI=1S/C41H57NO12/c1-8-21(3)35(45)53-34-32(44)31-23(19-42-18-20(2)9-12-29(42)38(31,5)47)24-17-39-33(40(24,34)48)25(43)16-28-37(39,4)14-13-30(41(28,49)54-39)52-36(46)22-10-11-26(50-6)27(15-22)51-7/h8,10-11,15,20,23-25,28-34,43-44,47-49H,9,12-14,16-19H2,1-7H3. The van der Waals surface area contributed by atoms with Crippen LogP contribution in [0.2, 0.25) is 0 Å². The first kappa shape index (κ1) is 38.1. The molecule has 0 amide bonds. The average Bonchev–Trinajstić information content (AvgIpc) is 3.41. The Morgan fingerprint density at radius 1 is 1.00 bits per heavy atom. The number of ether oxygens (including phenoxy) is 5. The van der Waals surface area contributed by atoms with Crippen LogP contribution in [0.5, 0.6) is 11.5 Å². The summed E-state index contributed by atoms with van der Waals surface area (Å²) in [6.45, 7) is 10.5. The van der Waals surface area contributed by atoms with Crippen LogP contribution in [-0.4, -0.2) is 123 Å². The molecule has 298 valence electrons. The minimum Gasteiger partial charge on any atom is -0.493 e. The summed E-state index contributed by atoms with van der Waals surface area (Å²) in [6, 6.07) is 4.42. The fourth-order valence-corrected chi connectivity index (χ4v) is 13.1. The second-order valence-corrected chi connectivity index (χ2v) is 18.1. The third-order valence-electron chi connectivity index (χ3n) is 15.6. The van der Waals surface area contributed by atoms with Gasteiger partial charge in [-0.05, 0) is 95.2 Å². The highest BCUT2D eigenvalue weighted by Crippen LogP contribution is 2.77. The van der Waals surface area contributed by atoms with Crippen LogP contribution in [0.4, 0.5) is 0 Å². The molecule has 7 fully saturated rings. The van der Waals surface area contributed by atoms with E-state index in [0.717, 1.165) is 19.4 Å². The van der Waals surface area contributed by atoms with Gasteiger partial charge in [-0.1, -0.05) is 19.9 Å². The number of allylic oxidation sites excluding steroid dienone is 1. The zero-order chi connectivity index (χ0) is 38.9. The van der Waals surface area contributed by atoms with Gasteiger partial charge in [-0.2, -0.15) is 0 Å². The zero-order valence-corrected chi connectivity index (χ0v) is 32.4. The maximum absolute atomic E-state index is 13.7. The lowest BCUT2D eigenvalue weighted by Gasteiger charge is -2.64. The van der Waals surface area contributed by atoms with E-state index in [4.69, 9.17) is 23.7 Å². The highest BCUT2D eigenvalue weighted by molar-refractivity contribution is 5.90. The Morgan fingerprint density at radius 2 is 1.72 bits per heavy atom. The molecule has 3 heterocycles. The number of piperidine rings is 2. The highest BCUT2D eigenvalue weighted by Gasteiger charge is 2.87. The molecule has 13 heteroatoms. The average molecular weight is 756 g/mol. The Morgan fingerprint density at radius 3 is 2.41 bits per heavy atom. The van der Waals surface area contributed by atoms with E-state index in [-0.39, 0.29) is 36.4 Å². The van der Waals surface area contributed by atoms with E-state index in [1.165, 1.54) is 20.3 Å². The maximum Gasteiger partial charge on any atom is 0.338 e. The van der Waals surface area contributed by atoms with Gasteiger partial charge in [0.2, 0.25) is 5.79 Å². The second-order valence-electron chi connectivity index (χ2n) is 18.1. The van der Waals surface area contributed by atoms with Crippen molar-refractivity contribution in [2.24, 2.45) is 40.9 Å². The van der Waals surface area contributed by atoms with Gasteiger partial charge in [0.25, 0.3) is 0 Å². The molecular formula is C41H57NO12. The first-order chi connectivity index (χ1) is 25.4. The summed E-state index contributed by atoms with van der Waals surface area (Å²) in [5.74, 6) is -5.94. The van der Waals surface area contributed by atoms with Crippen LogP contribution in [0, 0.1) is 40.9 Å². The topological polar surface area (TPSA) is 185 Å². The zero-order valence-electron chi connectivity index (χ0n) is 32.4. The van der Waals surface area contributed by atoms with Crippen molar-refractivity contribution in [1.82, 2.24) is 4.90 Å². The number of hydrogen-bond acceptors (Lipinski definition) is 13. The molecule has 16 atom stereocenters. The molecule has 3 saturated heterocycles. The molecule has 1 aromatic carbocycles. The predicted molar refractivity (Wildman–Crippen MR) is 192 cm³/mol. The van der Waals surface area contributed by atoms with Gasteiger partial charge in [-0.3, -0.25) is 4.90 Å². The first-order valence-corrected chi connectivity index (χ1v) is 19.7. The fourth-order valence-electron chi connectivity index (χ4n) is 13.1. The van der Waals surface area contributed by atoms with Gasteiger partial charge in [0.15, 0.2) is 23.7 Å². The minimum absolute atomic E-state index is 0.0149. The minimum atomic E-state index is -2.02. The maximum atomic E-state index is 13.7. The molecular weight excluding hydrogens is 698 g/mol. The van der Waals surface area contributed by atoms with E-state index in [0.29, 0.717) is 30.4 Å². The number of aliphatic hydroxyl groups is 5. The molecule has 1 aromatic rings. The molecule has 16 unspecified atom stereocenters. The molecule has 54 heavy (non-hydrogen) atoms. The molecule has 0 aromatic heterocycles. The van der Waals surface area contributed by atoms with Gasteiger partial charge in [-0.15, -0.1) is 0 Å². The predicted octanol–water partition coefficient (Wildman–Crippen LogP) is 2.58. The van der Waals surface area contributed by atoms with Crippen molar-refractivity contribution < 1.29 is 58.8 Å². The molecule has 8 rings (SSSR count). The third kappa shape index (κ3) is 4.87. The number of rotatable bonds is 6. The van der Waals surface area contributed by atoms with Gasteiger partial charge >= 0.3 is 11.9 Å². The normalized spacial score (nSPS) is 49.2. The van der Waals surface area contributed by atoms with E-state index in [1.807, 2.05) is 6.92 Å². The van der Waals surface area contributed by atoms with E-state index >= 15 is 0 Å². The van der Waals surface area contributed by atoms with E-state index in [1.54, 1.807) is 39.0 Å². The van der Waals surface area contributed by atoms with Crippen molar-refractivity contribution in [1.29, 1.82) is 0 Å². The molecule has 13 nitrogen and oxygen atoms in total. The number of methoxy groups -OCH3 is 2. The van der Waals surface area contributed by atoms with Gasteiger partial charge in [-0.25, -0.2) is 9.59 Å². The number of carbonyl (C=O) groups is 2. The number of fused-ring (bicyclic) bond motifs is 5. The smallest absolute Gasteiger partial charge is 0.338 e. The van der Waals surface area contributed by atoms with Crippen LogP contribution in [0.1, 0.15) is 83.5 Å². The first-order valence-electron chi connectivity index (χ1n) is 19.7. The number of esters is 2. The van der Waals surface area contributed by atoms with Crippen LogP contribution in [-0.2, 0) is 19.0 Å². The Balaban J connectivity index is 1.20. The van der Waals surface area contributed by atoms with Crippen molar-refractivity contribution in [3.05, 3.63) is 35.4 Å². The number of hydrogen-bond donors (Lipinski definition) is 5. The van der Waals surface area contributed by atoms with E-state index < -0.39 is 93.9 Å². The van der Waals surface area contributed by atoms with Crippen LogP contribution < -0.4 is 9.47 Å². The Bertz CT molecular complexity index is 1730. The Hall–Kier alpha value is -2.78. The summed E-state index contributed by atoms with van der Waals surface area (Å²) < 4.78 is 29.9. The lowest BCUT2D eigenvalue weighted by Crippen LogP contribution is -2.77. The fraction of sp³-hybridized carbons (Fsp3) is 0.756. The van der Waals surface area contributed by atoms with Crippen LogP contribution in [0.25, 0.3) is 0 Å². The molecule has 1 spiro atoms. The Labute approximate surface area is 316 Å².